The Bertz CT molecular complexity index is 756. The van der Waals surface area contributed by atoms with Crippen LogP contribution in [-0.4, -0.2) is 22.7 Å². The third-order valence-electron chi connectivity index (χ3n) is 4.83. The zero-order valence-corrected chi connectivity index (χ0v) is 12.5. The number of carbonyl (C=O) groups is 3. The van der Waals surface area contributed by atoms with E-state index in [4.69, 9.17) is 0 Å². The van der Waals surface area contributed by atoms with Gasteiger partial charge in [-0.15, -0.1) is 0 Å². The first-order valence-electron chi connectivity index (χ1n) is 7.44. The van der Waals surface area contributed by atoms with Crippen molar-refractivity contribution in [2.24, 2.45) is 11.3 Å². The van der Waals surface area contributed by atoms with Gasteiger partial charge in [0.05, 0.1) is 16.5 Å². The van der Waals surface area contributed by atoms with Crippen LogP contribution in [0.1, 0.15) is 46.4 Å². The number of carbonyl (C=O) groups excluding carboxylic acids is 3. The quantitative estimate of drug-likeness (QED) is 0.583. The maximum absolute atomic E-state index is 12.1. The average molecular weight is 332 g/mol. The molecule has 1 aromatic carbocycles. The second-order valence-electron chi connectivity index (χ2n) is 6.19. The van der Waals surface area contributed by atoms with Crippen molar-refractivity contribution in [3.63, 3.8) is 0 Å². The molecule has 2 aliphatic rings. The molecule has 2 fully saturated rings. The largest absolute Gasteiger partial charge is 0.545 e. The SMILES string of the molecule is O=C([O-])c1cc([N+](=O)[O-])ccc1C(=O)NNC(=O)[C@H]1CC12CCC2. The van der Waals surface area contributed by atoms with Crippen molar-refractivity contribution in [3.8, 4) is 0 Å². The summed E-state index contributed by atoms with van der Waals surface area (Å²) in [6, 6.07) is 2.76. The Morgan fingerprint density at radius 1 is 1.17 bits per heavy atom. The molecule has 2 aliphatic carbocycles. The molecule has 3 rings (SSSR count). The van der Waals surface area contributed by atoms with Crippen molar-refractivity contribution >= 4 is 23.5 Å². The highest BCUT2D eigenvalue weighted by Crippen LogP contribution is 2.65. The van der Waals surface area contributed by atoms with Gasteiger partial charge in [0.15, 0.2) is 0 Å². The van der Waals surface area contributed by atoms with Gasteiger partial charge >= 0.3 is 0 Å². The number of non-ortho nitro benzene ring substituents is 1. The van der Waals surface area contributed by atoms with Crippen LogP contribution in [0.5, 0.6) is 0 Å². The van der Waals surface area contributed by atoms with Crippen molar-refractivity contribution in [2.45, 2.75) is 25.7 Å². The minimum absolute atomic E-state index is 0.0956. The van der Waals surface area contributed by atoms with E-state index in [0.717, 1.165) is 43.9 Å². The van der Waals surface area contributed by atoms with E-state index in [0.29, 0.717) is 0 Å². The smallest absolute Gasteiger partial charge is 0.270 e. The predicted molar refractivity (Wildman–Crippen MR) is 77.4 cm³/mol. The van der Waals surface area contributed by atoms with E-state index in [-0.39, 0.29) is 22.8 Å². The zero-order valence-electron chi connectivity index (χ0n) is 12.5. The number of nitro groups is 1. The number of nitrogens with one attached hydrogen (secondary N) is 2. The molecule has 0 heterocycles. The van der Waals surface area contributed by atoms with E-state index < -0.39 is 28.1 Å². The zero-order chi connectivity index (χ0) is 17.5. The molecule has 0 bridgehead atoms. The number of rotatable bonds is 4. The lowest BCUT2D eigenvalue weighted by atomic mass is 9.80. The Balaban J connectivity index is 1.67. The molecule has 1 spiro atoms. The van der Waals surface area contributed by atoms with Gasteiger partial charge in [0.2, 0.25) is 5.91 Å². The second kappa shape index (κ2) is 5.59. The fourth-order valence-electron chi connectivity index (χ4n) is 3.19. The van der Waals surface area contributed by atoms with E-state index >= 15 is 0 Å². The van der Waals surface area contributed by atoms with Crippen LogP contribution in [0.15, 0.2) is 18.2 Å². The lowest BCUT2D eigenvalue weighted by molar-refractivity contribution is -0.385. The number of benzene rings is 1. The van der Waals surface area contributed by atoms with Crippen LogP contribution in [0.3, 0.4) is 0 Å². The third-order valence-corrected chi connectivity index (χ3v) is 4.83. The van der Waals surface area contributed by atoms with Crippen LogP contribution in [0, 0.1) is 21.4 Å². The van der Waals surface area contributed by atoms with Crippen molar-refractivity contribution in [1.82, 2.24) is 10.9 Å². The number of carboxylic acid groups (broad SMARTS) is 1. The molecule has 0 saturated heterocycles. The molecule has 0 radical (unpaired) electrons. The lowest BCUT2D eigenvalue weighted by Gasteiger charge is -2.26. The van der Waals surface area contributed by atoms with Gasteiger partial charge in [-0.25, -0.2) is 0 Å². The van der Waals surface area contributed by atoms with Gasteiger partial charge in [-0.1, -0.05) is 6.42 Å². The summed E-state index contributed by atoms with van der Waals surface area (Å²) < 4.78 is 0. The molecule has 2 saturated carbocycles. The van der Waals surface area contributed by atoms with Gasteiger partial charge in [0, 0.05) is 23.6 Å². The standard InChI is InChI=1S/C15H15N3O6/c19-12(16-17-13(20)11-7-15(11)4-1-5-15)9-3-2-8(18(23)24)6-10(9)14(21)22/h2-3,6,11H,1,4-5,7H2,(H,16,19)(H,17,20)(H,21,22)/p-1/t11-/m1/s1. The van der Waals surface area contributed by atoms with Gasteiger partial charge in [-0.05, 0) is 30.7 Å². The van der Waals surface area contributed by atoms with Crippen LogP contribution in [0.4, 0.5) is 5.69 Å². The minimum Gasteiger partial charge on any atom is -0.545 e. The van der Waals surface area contributed by atoms with Crippen LogP contribution in [0.2, 0.25) is 0 Å². The molecule has 1 atom stereocenters. The first-order valence-corrected chi connectivity index (χ1v) is 7.44. The molecule has 126 valence electrons. The highest BCUT2D eigenvalue weighted by molar-refractivity contribution is 6.05. The topological polar surface area (TPSA) is 141 Å². The van der Waals surface area contributed by atoms with Crippen molar-refractivity contribution in [2.75, 3.05) is 0 Å². The normalized spacial score (nSPS) is 19.9. The summed E-state index contributed by atoms with van der Waals surface area (Å²) in [5, 5.41) is 21.8. The summed E-state index contributed by atoms with van der Waals surface area (Å²) in [6.45, 7) is 0. The van der Waals surface area contributed by atoms with Crippen molar-refractivity contribution < 1.29 is 24.4 Å². The van der Waals surface area contributed by atoms with Gasteiger partial charge in [0.25, 0.3) is 11.6 Å². The van der Waals surface area contributed by atoms with Gasteiger partial charge < -0.3 is 9.90 Å². The number of amides is 2. The Morgan fingerprint density at radius 2 is 1.88 bits per heavy atom. The molecule has 0 aromatic heterocycles. The van der Waals surface area contributed by atoms with Crippen LogP contribution in [0.25, 0.3) is 0 Å². The monoisotopic (exact) mass is 332 g/mol. The summed E-state index contributed by atoms with van der Waals surface area (Å²) in [4.78, 5) is 45.0. The number of aromatic carboxylic acids is 1. The predicted octanol–water partition coefficient (Wildman–Crippen LogP) is -0.0905. The summed E-state index contributed by atoms with van der Waals surface area (Å²) in [5.74, 6) is -3.02. The van der Waals surface area contributed by atoms with Crippen LogP contribution in [-0.2, 0) is 4.79 Å². The molecular weight excluding hydrogens is 318 g/mol. The van der Waals surface area contributed by atoms with Crippen LogP contribution < -0.4 is 16.0 Å². The van der Waals surface area contributed by atoms with Gasteiger partial charge in [0.1, 0.15) is 0 Å². The molecule has 0 aliphatic heterocycles. The highest BCUT2D eigenvalue weighted by Gasteiger charge is 2.60. The number of nitro benzene ring substituents is 1. The Morgan fingerprint density at radius 3 is 2.38 bits per heavy atom. The summed E-state index contributed by atoms with van der Waals surface area (Å²) in [5.41, 5.74) is 3.12. The van der Waals surface area contributed by atoms with E-state index in [2.05, 4.69) is 10.9 Å². The summed E-state index contributed by atoms with van der Waals surface area (Å²) in [6.07, 6.45) is 3.93. The number of carboxylic acids is 1. The van der Waals surface area contributed by atoms with E-state index in [1.165, 1.54) is 0 Å². The molecule has 1 aromatic rings. The lowest BCUT2D eigenvalue weighted by Crippen LogP contribution is -2.44. The molecule has 9 nitrogen and oxygen atoms in total. The van der Waals surface area contributed by atoms with E-state index in [9.17, 15) is 29.6 Å². The maximum Gasteiger partial charge on any atom is 0.270 e. The molecule has 2 N–H and O–H groups in total. The van der Waals surface area contributed by atoms with Crippen LogP contribution >= 0.6 is 0 Å². The third kappa shape index (κ3) is 2.68. The molecular formula is C15H14N3O6-. The maximum atomic E-state index is 12.1. The average Bonchev–Trinajstić information content (AvgIpc) is 3.27. The Hall–Kier alpha value is -2.97. The Labute approximate surface area is 136 Å². The van der Waals surface area contributed by atoms with Crippen molar-refractivity contribution in [1.29, 1.82) is 0 Å². The summed E-state index contributed by atoms with van der Waals surface area (Å²) >= 11 is 0. The number of nitrogens with zero attached hydrogens (tertiary/aromatic N) is 1. The second-order valence-corrected chi connectivity index (χ2v) is 6.19. The number of hydrazine groups is 1. The summed E-state index contributed by atoms with van der Waals surface area (Å²) in [7, 11) is 0. The molecule has 2 amide bonds. The van der Waals surface area contributed by atoms with E-state index in [1.54, 1.807) is 0 Å². The van der Waals surface area contributed by atoms with Crippen molar-refractivity contribution in [3.05, 3.63) is 39.4 Å². The molecule has 9 heteroatoms. The highest BCUT2D eigenvalue weighted by atomic mass is 16.6. The first-order chi connectivity index (χ1) is 11.3. The number of hydrogen-bond donors (Lipinski definition) is 2. The molecule has 24 heavy (non-hydrogen) atoms. The van der Waals surface area contributed by atoms with Gasteiger partial charge in [-0.2, -0.15) is 0 Å². The number of hydrogen-bond acceptors (Lipinski definition) is 6. The molecule has 0 unspecified atom stereocenters. The first kappa shape index (κ1) is 15.9. The van der Waals surface area contributed by atoms with Gasteiger partial charge in [-0.3, -0.25) is 30.6 Å². The fraction of sp³-hybridized carbons (Fsp3) is 0.400. The minimum atomic E-state index is -1.72. The van der Waals surface area contributed by atoms with E-state index in [1.807, 2.05) is 0 Å². The Kier molecular flexibility index (Phi) is 3.70. The fourth-order valence-corrected chi connectivity index (χ4v) is 3.19.